The zero-order valence-corrected chi connectivity index (χ0v) is 11.4. The van der Waals surface area contributed by atoms with Gasteiger partial charge in [0.05, 0.1) is 12.0 Å². The van der Waals surface area contributed by atoms with Crippen molar-refractivity contribution in [1.82, 2.24) is 4.90 Å². The third-order valence-corrected chi connectivity index (χ3v) is 4.66. The fourth-order valence-corrected chi connectivity index (χ4v) is 3.50. The summed E-state index contributed by atoms with van der Waals surface area (Å²) in [6, 6.07) is 9.03. The minimum Gasteiger partial charge on any atom is -0.481 e. The number of hydrogen-bond donors (Lipinski definition) is 1. The number of aliphatic carboxylic acids is 1. The predicted molar refractivity (Wildman–Crippen MR) is 74.5 cm³/mol. The average Bonchev–Trinajstić information content (AvgIpc) is 2.48. The Bertz CT molecular complexity index is 506. The van der Waals surface area contributed by atoms with Crippen molar-refractivity contribution in [1.29, 1.82) is 0 Å². The number of carbonyl (C=O) groups is 2. The highest BCUT2D eigenvalue weighted by atomic mass is 16.4. The molecule has 2 bridgehead atoms. The van der Waals surface area contributed by atoms with Gasteiger partial charge in [0.2, 0.25) is 0 Å². The van der Waals surface area contributed by atoms with E-state index in [1.807, 2.05) is 30.3 Å². The van der Waals surface area contributed by atoms with Gasteiger partial charge in [-0.3, -0.25) is 14.5 Å². The van der Waals surface area contributed by atoms with Crippen molar-refractivity contribution in [3.05, 3.63) is 35.9 Å². The first-order valence-electron chi connectivity index (χ1n) is 7.22. The number of nitrogens with zero attached hydrogens (tertiary/aromatic N) is 1. The van der Waals surface area contributed by atoms with Gasteiger partial charge >= 0.3 is 5.97 Å². The van der Waals surface area contributed by atoms with Crippen LogP contribution in [0.3, 0.4) is 0 Å². The Balaban J connectivity index is 1.81. The maximum Gasteiger partial charge on any atom is 0.311 e. The van der Waals surface area contributed by atoms with Gasteiger partial charge < -0.3 is 5.11 Å². The maximum atomic E-state index is 12.3. The number of hydrogen-bond acceptors (Lipinski definition) is 3. The second-order valence-electron chi connectivity index (χ2n) is 5.77. The number of carboxylic acid groups (broad SMARTS) is 1. The summed E-state index contributed by atoms with van der Waals surface area (Å²) in [5.74, 6) is -1.02. The summed E-state index contributed by atoms with van der Waals surface area (Å²) in [6.45, 7) is 1.87. The Morgan fingerprint density at radius 1 is 1.25 bits per heavy atom. The van der Waals surface area contributed by atoms with Crippen LogP contribution in [0.1, 0.15) is 30.7 Å². The zero-order chi connectivity index (χ0) is 14.1. The Kier molecular flexibility index (Phi) is 3.57. The molecule has 4 rings (SSSR count). The Morgan fingerprint density at radius 3 is 2.45 bits per heavy atom. The predicted octanol–water partition coefficient (Wildman–Crippen LogP) is 1.91. The number of Topliss-reactive ketones (excluding diaryl/α,β-unsaturated/α-hetero) is 1. The summed E-state index contributed by atoms with van der Waals surface area (Å²) in [7, 11) is 0. The van der Waals surface area contributed by atoms with Gasteiger partial charge in [-0.05, 0) is 37.9 Å². The normalized spacial score (nSPS) is 30.2. The van der Waals surface area contributed by atoms with Crippen molar-refractivity contribution in [2.45, 2.75) is 31.2 Å². The van der Waals surface area contributed by atoms with Crippen LogP contribution in [0.4, 0.5) is 0 Å². The van der Waals surface area contributed by atoms with Gasteiger partial charge in [0, 0.05) is 5.92 Å². The van der Waals surface area contributed by atoms with E-state index in [1.54, 1.807) is 0 Å². The molecule has 20 heavy (non-hydrogen) atoms. The lowest BCUT2D eigenvalue weighted by Gasteiger charge is -2.44. The summed E-state index contributed by atoms with van der Waals surface area (Å²) in [4.78, 5) is 26.1. The molecule has 3 aliphatic rings. The van der Waals surface area contributed by atoms with Crippen LogP contribution >= 0.6 is 0 Å². The molecule has 1 aromatic rings. The van der Waals surface area contributed by atoms with Crippen molar-refractivity contribution in [2.24, 2.45) is 5.92 Å². The van der Waals surface area contributed by atoms with Crippen LogP contribution in [-0.2, 0) is 9.59 Å². The van der Waals surface area contributed by atoms with E-state index in [2.05, 4.69) is 4.90 Å². The highest BCUT2D eigenvalue weighted by molar-refractivity contribution is 5.89. The molecule has 0 aliphatic carbocycles. The number of carboxylic acids is 1. The Labute approximate surface area is 118 Å². The number of piperidine rings is 3. The molecule has 0 aromatic heterocycles. The van der Waals surface area contributed by atoms with Crippen molar-refractivity contribution in [2.75, 3.05) is 13.1 Å². The summed E-state index contributed by atoms with van der Waals surface area (Å²) in [6.07, 6.45) is 2.28. The van der Waals surface area contributed by atoms with Crippen LogP contribution in [0, 0.1) is 5.92 Å². The molecule has 0 spiro atoms. The second-order valence-corrected chi connectivity index (χ2v) is 5.77. The minimum atomic E-state index is -0.841. The largest absolute Gasteiger partial charge is 0.481 e. The van der Waals surface area contributed by atoms with E-state index in [9.17, 15) is 14.7 Å². The highest BCUT2D eigenvalue weighted by Crippen LogP contribution is 2.34. The lowest BCUT2D eigenvalue weighted by Crippen LogP contribution is -2.56. The van der Waals surface area contributed by atoms with Crippen LogP contribution in [0.2, 0.25) is 0 Å². The fourth-order valence-electron chi connectivity index (χ4n) is 3.50. The average molecular weight is 273 g/mol. The summed E-state index contributed by atoms with van der Waals surface area (Å²) < 4.78 is 0. The molecular formula is C16H19NO3. The van der Waals surface area contributed by atoms with Crippen LogP contribution in [0.15, 0.2) is 30.3 Å². The van der Waals surface area contributed by atoms with E-state index in [0.717, 1.165) is 31.5 Å². The van der Waals surface area contributed by atoms with Crippen molar-refractivity contribution < 1.29 is 14.7 Å². The van der Waals surface area contributed by atoms with Gasteiger partial charge in [-0.2, -0.15) is 0 Å². The monoisotopic (exact) mass is 273 g/mol. The molecule has 1 N–H and O–H groups in total. The standard InChI is InChI=1S/C16H19NO3/c18-15-12-6-8-17(9-7-12)14(15)10-13(16(19)20)11-4-2-1-3-5-11/h1-5,12-14H,6-10H2,(H,19,20). The third-order valence-electron chi connectivity index (χ3n) is 4.66. The summed E-state index contributed by atoms with van der Waals surface area (Å²) in [5, 5.41) is 9.48. The lowest BCUT2D eigenvalue weighted by atomic mass is 9.78. The van der Waals surface area contributed by atoms with Gasteiger partial charge in [-0.1, -0.05) is 30.3 Å². The van der Waals surface area contributed by atoms with Crippen molar-refractivity contribution in [3.8, 4) is 0 Å². The molecule has 2 atom stereocenters. The van der Waals surface area contributed by atoms with Crippen LogP contribution in [0.5, 0.6) is 0 Å². The van der Waals surface area contributed by atoms with Gasteiger partial charge in [-0.25, -0.2) is 0 Å². The van der Waals surface area contributed by atoms with E-state index in [0.29, 0.717) is 6.42 Å². The lowest BCUT2D eigenvalue weighted by molar-refractivity contribution is -0.142. The Hall–Kier alpha value is -1.68. The van der Waals surface area contributed by atoms with E-state index in [4.69, 9.17) is 0 Å². The van der Waals surface area contributed by atoms with Crippen LogP contribution < -0.4 is 0 Å². The quantitative estimate of drug-likeness (QED) is 0.910. The van der Waals surface area contributed by atoms with Crippen molar-refractivity contribution >= 4 is 11.8 Å². The minimum absolute atomic E-state index is 0.162. The number of rotatable bonds is 4. The number of carbonyl (C=O) groups excluding carboxylic acids is 1. The molecule has 3 aliphatic heterocycles. The van der Waals surface area contributed by atoms with Gasteiger partial charge in [0.15, 0.2) is 5.78 Å². The molecule has 3 saturated heterocycles. The van der Waals surface area contributed by atoms with E-state index >= 15 is 0 Å². The molecule has 2 unspecified atom stereocenters. The molecule has 1 aromatic carbocycles. The van der Waals surface area contributed by atoms with Crippen LogP contribution in [-0.4, -0.2) is 40.9 Å². The van der Waals surface area contributed by atoms with Gasteiger partial charge in [0.25, 0.3) is 0 Å². The van der Waals surface area contributed by atoms with Crippen LogP contribution in [0.25, 0.3) is 0 Å². The molecule has 0 saturated carbocycles. The molecular weight excluding hydrogens is 254 g/mol. The van der Waals surface area contributed by atoms with E-state index in [1.165, 1.54) is 0 Å². The molecule has 4 heteroatoms. The molecule has 3 fully saturated rings. The first kappa shape index (κ1) is 13.3. The van der Waals surface area contributed by atoms with Gasteiger partial charge in [-0.15, -0.1) is 0 Å². The SMILES string of the molecule is O=C(O)C(CC1C(=O)C2CCN1CC2)c1ccccc1. The fraction of sp³-hybridized carbons (Fsp3) is 0.500. The summed E-state index contributed by atoms with van der Waals surface area (Å²) in [5.41, 5.74) is 0.787. The first-order valence-corrected chi connectivity index (χ1v) is 7.22. The summed E-state index contributed by atoms with van der Waals surface area (Å²) >= 11 is 0. The van der Waals surface area contributed by atoms with E-state index in [-0.39, 0.29) is 17.7 Å². The smallest absolute Gasteiger partial charge is 0.311 e. The maximum absolute atomic E-state index is 12.3. The van der Waals surface area contributed by atoms with Crippen molar-refractivity contribution in [3.63, 3.8) is 0 Å². The molecule has 4 nitrogen and oxygen atoms in total. The molecule has 0 radical (unpaired) electrons. The van der Waals surface area contributed by atoms with E-state index < -0.39 is 11.9 Å². The first-order chi connectivity index (χ1) is 9.66. The highest BCUT2D eigenvalue weighted by Gasteiger charge is 2.42. The topological polar surface area (TPSA) is 57.6 Å². The zero-order valence-electron chi connectivity index (χ0n) is 11.4. The van der Waals surface area contributed by atoms with Gasteiger partial charge in [0.1, 0.15) is 0 Å². The number of fused-ring (bicyclic) bond motifs is 3. The molecule has 106 valence electrons. The third kappa shape index (κ3) is 2.36. The number of benzene rings is 1. The Morgan fingerprint density at radius 2 is 1.90 bits per heavy atom. The molecule has 3 heterocycles. The number of ketones is 1. The molecule has 0 amide bonds. The second kappa shape index (κ2) is 5.37.